The van der Waals surface area contributed by atoms with Crippen molar-refractivity contribution in [3.05, 3.63) is 39.2 Å². The van der Waals surface area contributed by atoms with Gasteiger partial charge < -0.3 is 10.5 Å². The number of ether oxygens (including phenoxy) is 1. The van der Waals surface area contributed by atoms with E-state index in [0.717, 1.165) is 0 Å². The number of halogens is 3. The Balaban J connectivity index is 2.52. The van der Waals surface area contributed by atoms with E-state index < -0.39 is 5.82 Å². The lowest BCUT2D eigenvalue weighted by atomic mass is 10.2. The van der Waals surface area contributed by atoms with Crippen LogP contribution in [0, 0.1) is 5.82 Å². The van der Waals surface area contributed by atoms with Gasteiger partial charge in [-0.2, -0.15) is 0 Å². The Hall–Kier alpha value is -1.24. The number of anilines is 1. The van der Waals surface area contributed by atoms with Crippen LogP contribution >= 0.6 is 27.5 Å². The molecule has 0 unspecified atom stereocenters. The molecular formula is C12H10BrClFN3O. The van der Waals surface area contributed by atoms with E-state index in [2.05, 4.69) is 25.9 Å². The van der Waals surface area contributed by atoms with Crippen molar-refractivity contribution in [2.75, 3.05) is 12.8 Å². The molecule has 0 amide bonds. The minimum absolute atomic E-state index is 0.0101. The predicted molar refractivity (Wildman–Crippen MR) is 75.3 cm³/mol. The molecule has 0 saturated heterocycles. The fourth-order valence-electron chi connectivity index (χ4n) is 1.51. The molecule has 1 aromatic carbocycles. The predicted octanol–water partition coefficient (Wildman–Crippen LogP) is 3.43. The third-order valence-electron chi connectivity index (χ3n) is 2.40. The van der Waals surface area contributed by atoms with Crippen LogP contribution in [0.2, 0.25) is 5.02 Å². The van der Waals surface area contributed by atoms with Crippen molar-refractivity contribution < 1.29 is 9.13 Å². The largest absolute Gasteiger partial charge is 0.383 e. The van der Waals surface area contributed by atoms with Crippen LogP contribution in [0.25, 0.3) is 11.4 Å². The SMILES string of the molecule is COCc1nc(-c2ccc(F)c(Cl)c2)nc(N)c1Br. The lowest BCUT2D eigenvalue weighted by Crippen LogP contribution is -2.04. The van der Waals surface area contributed by atoms with Gasteiger partial charge in [0.15, 0.2) is 5.82 Å². The molecule has 2 rings (SSSR count). The molecule has 0 aliphatic rings. The Morgan fingerprint density at radius 1 is 1.42 bits per heavy atom. The lowest BCUT2D eigenvalue weighted by Gasteiger charge is -2.08. The summed E-state index contributed by atoms with van der Waals surface area (Å²) >= 11 is 9.04. The molecule has 0 atom stereocenters. The molecule has 2 N–H and O–H groups in total. The Labute approximate surface area is 122 Å². The third kappa shape index (κ3) is 3.02. The molecule has 0 saturated carbocycles. The maximum absolute atomic E-state index is 13.1. The van der Waals surface area contributed by atoms with E-state index in [0.29, 0.717) is 21.6 Å². The fraction of sp³-hybridized carbons (Fsp3) is 0.167. The number of nitrogens with two attached hydrogens (primary N) is 1. The molecule has 4 nitrogen and oxygen atoms in total. The topological polar surface area (TPSA) is 61.0 Å². The number of rotatable bonds is 3. The molecule has 1 aromatic heterocycles. The fourth-order valence-corrected chi connectivity index (χ4v) is 1.98. The zero-order valence-electron chi connectivity index (χ0n) is 9.95. The molecular weight excluding hydrogens is 337 g/mol. The van der Waals surface area contributed by atoms with Crippen molar-refractivity contribution in [3.8, 4) is 11.4 Å². The van der Waals surface area contributed by atoms with Crippen molar-refractivity contribution in [1.29, 1.82) is 0 Å². The summed E-state index contributed by atoms with van der Waals surface area (Å²) in [6.07, 6.45) is 0. The summed E-state index contributed by atoms with van der Waals surface area (Å²) in [7, 11) is 1.55. The van der Waals surface area contributed by atoms with Gasteiger partial charge >= 0.3 is 0 Å². The summed E-state index contributed by atoms with van der Waals surface area (Å²) in [6, 6.07) is 4.26. The highest BCUT2D eigenvalue weighted by Crippen LogP contribution is 2.27. The van der Waals surface area contributed by atoms with E-state index in [1.807, 2.05) is 0 Å². The Bertz CT molecular complexity index is 624. The molecule has 0 radical (unpaired) electrons. The Morgan fingerprint density at radius 2 is 2.16 bits per heavy atom. The quantitative estimate of drug-likeness (QED) is 0.925. The van der Waals surface area contributed by atoms with E-state index in [4.69, 9.17) is 22.1 Å². The van der Waals surface area contributed by atoms with Crippen LogP contribution in [0.4, 0.5) is 10.2 Å². The molecule has 2 aromatic rings. The second-order valence-electron chi connectivity index (χ2n) is 3.76. The van der Waals surface area contributed by atoms with Gasteiger partial charge in [0.2, 0.25) is 0 Å². The van der Waals surface area contributed by atoms with Crippen LogP contribution in [-0.2, 0) is 11.3 Å². The average molecular weight is 347 g/mol. The molecule has 0 fully saturated rings. The maximum atomic E-state index is 13.1. The molecule has 7 heteroatoms. The molecule has 19 heavy (non-hydrogen) atoms. The number of nitrogen functional groups attached to an aromatic ring is 1. The Morgan fingerprint density at radius 3 is 2.79 bits per heavy atom. The lowest BCUT2D eigenvalue weighted by molar-refractivity contribution is 0.181. The van der Waals surface area contributed by atoms with Gasteiger partial charge in [-0.1, -0.05) is 11.6 Å². The number of methoxy groups -OCH3 is 1. The van der Waals surface area contributed by atoms with E-state index in [9.17, 15) is 4.39 Å². The smallest absolute Gasteiger partial charge is 0.161 e. The van der Waals surface area contributed by atoms with Crippen molar-refractivity contribution in [3.63, 3.8) is 0 Å². The van der Waals surface area contributed by atoms with Crippen molar-refractivity contribution in [1.82, 2.24) is 9.97 Å². The van der Waals surface area contributed by atoms with E-state index in [1.165, 1.54) is 12.1 Å². The first kappa shape index (κ1) is 14.2. The van der Waals surface area contributed by atoms with Crippen LogP contribution in [0.1, 0.15) is 5.69 Å². The zero-order valence-corrected chi connectivity index (χ0v) is 12.3. The van der Waals surface area contributed by atoms with Crippen LogP contribution < -0.4 is 5.73 Å². The van der Waals surface area contributed by atoms with Gasteiger partial charge in [-0.25, -0.2) is 14.4 Å². The molecule has 0 spiro atoms. The highest BCUT2D eigenvalue weighted by Gasteiger charge is 2.12. The minimum Gasteiger partial charge on any atom is -0.383 e. The zero-order chi connectivity index (χ0) is 14.0. The first-order chi connectivity index (χ1) is 9.02. The summed E-state index contributed by atoms with van der Waals surface area (Å²) in [6.45, 7) is 0.287. The van der Waals surface area contributed by atoms with Crippen LogP contribution in [0.5, 0.6) is 0 Å². The van der Waals surface area contributed by atoms with E-state index in [1.54, 1.807) is 13.2 Å². The minimum atomic E-state index is -0.493. The first-order valence-corrected chi connectivity index (χ1v) is 6.46. The van der Waals surface area contributed by atoms with Crippen LogP contribution in [-0.4, -0.2) is 17.1 Å². The van der Waals surface area contributed by atoms with Gasteiger partial charge in [0.25, 0.3) is 0 Å². The number of hydrogen-bond acceptors (Lipinski definition) is 4. The monoisotopic (exact) mass is 345 g/mol. The van der Waals surface area contributed by atoms with Gasteiger partial charge in [-0.05, 0) is 34.1 Å². The standard InChI is InChI=1S/C12H10BrClFN3O/c1-19-5-9-10(13)11(16)18-12(17-9)6-2-3-8(15)7(14)4-6/h2-4H,5H2,1H3,(H2,16,17,18). The molecule has 1 heterocycles. The number of benzene rings is 1. The number of aromatic nitrogens is 2. The van der Waals surface area contributed by atoms with Gasteiger partial charge in [0, 0.05) is 12.7 Å². The summed E-state index contributed by atoms with van der Waals surface area (Å²) in [4.78, 5) is 8.46. The molecule has 100 valence electrons. The van der Waals surface area contributed by atoms with Crippen molar-refractivity contribution in [2.24, 2.45) is 0 Å². The second-order valence-corrected chi connectivity index (χ2v) is 4.96. The summed E-state index contributed by atoms with van der Waals surface area (Å²) in [5, 5.41) is 0.0101. The summed E-state index contributed by atoms with van der Waals surface area (Å²) in [5.41, 5.74) is 7.00. The summed E-state index contributed by atoms with van der Waals surface area (Å²) in [5.74, 6) is 0.166. The van der Waals surface area contributed by atoms with Gasteiger partial charge in [-0.3, -0.25) is 0 Å². The van der Waals surface area contributed by atoms with E-state index >= 15 is 0 Å². The Kier molecular flexibility index (Phi) is 4.34. The van der Waals surface area contributed by atoms with Crippen molar-refractivity contribution in [2.45, 2.75) is 6.61 Å². The highest BCUT2D eigenvalue weighted by molar-refractivity contribution is 9.10. The third-order valence-corrected chi connectivity index (χ3v) is 3.56. The van der Waals surface area contributed by atoms with Gasteiger partial charge in [-0.15, -0.1) is 0 Å². The van der Waals surface area contributed by atoms with Gasteiger partial charge in [0.05, 0.1) is 21.8 Å². The van der Waals surface area contributed by atoms with E-state index in [-0.39, 0.29) is 17.4 Å². The van der Waals surface area contributed by atoms with Crippen LogP contribution in [0.15, 0.2) is 22.7 Å². The second kappa shape index (κ2) is 5.81. The molecule has 0 aliphatic heterocycles. The highest BCUT2D eigenvalue weighted by atomic mass is 79.9. The summed E-state index contributed by atoms with van der Waals surface area (Å²) < 4.78 is 18.8. The van der Waals surface area contributed by atoms with Gasteiger partial charge in [0.1, 0.15) is 11.6 Å². The normalized spacial score (nSPS) is 10.7. The molecule has 0 bridgehead atoms. The number of hydrogen-bond donors (Lipinski definition) is 1. The first-order valence-electron chi connectivity index (χ1n) is 5.29. The van der Waals surface area contributed by atoms with Crippen LogP contribution in [0.3, 0.4) is 0 Å². The van der Waals surface area contributed by atoms with Crippen molar-refractivity contribution >= 4 is 33.3 Å². The number of nitrogens with zero attached hydrogens (tertiary/aromatic N) is 2. The maximum Gasteiger partial charge on any atom is 0.161 e. The average Bonchev–Trinajstić information content (AvgIpc) is 2.38. The molecule has 0 aliphatic carbocycles.